The molecule has 1 aromatic rings. The number of rotatable bonds is 4. The summed E-state index contributed by atoms with van der Waals surface area (Å²) < 4.78 is 1.56. The minimum Gasteiger partial charge on any atom is -0.297 e. The highest BCUT2D eigenvalue weighted by Gasteiger charge is 2.30. The van der Waals surface area contributed by atoms with Gasteiger partial charge >= 0.3 is 0 Å². The van der Waals surface area contributed by atoms with Crippen LogP contribution in [0.25, 0.3) is 0 Å². The maximum absolute atomic E-state index is 11.9. The molecule has 1 heterocycles. The highest BCUT2D eigenvalue weighted by atomic mass is 16.1. The molecule has 0 radical (unpaired) electrons. The van der Waals surface area contributed by atoms with Crippen LogP contribution in [0.4, 0.5) is 0 Å². The molecule has 0 N–H and O–H groups in total. The van der Waals surface area contributed by atoms with Gasteiger partial charge in [-0.15, -0.1) is 0 Å². The molecule has 4 nitrogen and oxygen atoms in total. The largest absolute Gasteiger partial charge is 0.297 e. The van der Waals surface area contributed by atoms with E-state index < -0.39 is 0 Å². The van der Waals surface area contributed by atoms with Crippen molar-refractivity contribution in [2.75, 3.05) is 0 Å². The lowest BCUT2D eigenvalue weighted by Crippen LogP contribution is -2.33. The van der Waals surface area contributed by atoms with Crippen molar-refractivity contribution in [1.29, 1.82) is 0 Å². The number of aromatic nitrogens is 3. The van der Waals surface area contributed by atoms with Crippen molar-refractivity contribution in [2.45, 2.75) is 34.2 Å². The van der Waals surface area contributed by atoms with Crippen LogP contribution >= 0.6 is 0 Å². The van der Waals surface area contributed by atoms with Crippen LogP contribution in [0.2, 0.25) is 0 Å². The number of ketones is 1. The summed E-state index contributed by atoms with van der Waals surface area (Å²) in [5.74, 6) is 0.525. The van der Waals surface area contributed by atoms with Crippen LogP contribution in [0, 0.1) is 11.3 Å². The van der Waals surface area contributed by atoms with Gasteiger partial charge in [-0.25, -0.2) is 9.67 Å². The van der Waals surface area contributed by atoms with Crippen molar-refractivity contribution in [1.82, 2.24) is 14.8 Å². The van der Waals surface area contributed by atoms with Crippen molar-refractivity contribution < 1.29 is 4.79 Å². The maximum atomic E-state index is 11.9. The Morgan fingerprint density at radius 1 is 1.50 bits per heavy atom. The zero-order chi connectivity index (χ0) is 10.8. The molecule has 1 rings (SSSR count). The van der Waals surface area contributed by atoms with E-state index in [0.29, 0.717) is 12.5 Å². The lowest BCUT2D eigenvalue weighted by molar-refractivity contribution is -0.130. The lowest BCUT2D eigenvalue weighted by Gasteiger charge is -2.27. The Kier molecular flexibility index (Phi) is 3.03. The summed E-state index contributed by atoms with van der Waals surface area (Å²) in [4.78, 5) is 15.7. The number of nitrogens with zero attached hydrogens (tertiary/aromatic N) is 3. The normalized spacial score (nSPS) is 12.1. The number of hydrogen-bond donors (Lipinski definition) is 0. The Morgan fingerprint density at radius 3 is 2.57 bits per heavy atom. The van der Waals surface area contributed by atoms with E-state index in [1.54, 1.807) is 11.0 Å². The molecule has 0 amide bonds. The monoisotopic (exact) mass is 195 g/mol. The molecule has 0 aliphatic carbocycles. The highest BCUT2D eigenvalue weighted by molar-refractivity contribution is 5.83. The topological polar surface area (TPSA) is 47.8 Å². The Labute approximate surface area is 84.3 Å². The third-order valence-corrected chi connectivity index (χ3v) is 2.93. The quantitative estimate of drug-likeness (QED) is 0.732. The van der Waals surface area contributed by atoms with Gasteiger partial charge in [0.15, 0.2) is 5.78 Å². The van der Waals surface area contributed by atoms with E-state index in [1.165, 1.54) is 6.33 Å². The van der Waals surface area contributed by atoms with Crippen LogP contribution in [0.3, 0.4) is 0 Å². The first kappa shape index (κ1) is 10.9. The molecule has 0 fully saturated rings. The number of hydrogen-bond acceptors (Lipinski definition) is 3. The average molecular weight is 195 g/mol. The van der Waals surface area contributed by atoms with Gasteiger partial charge in [0.25, 0.3) is 0 Å². The fourth-order valence-electron chi connectivity index (χ4n) is 0.987. The summed E-state index contributed by atoms with van der Waals surface area (Å²) in [5.41, 5.74) is -0.300. The summed E-state index contributed by atoms with van der Waals surface area (Å²) in [5, 5.41) is 3.91. The first-order chi connectivity index (χ1) is 6.44. The van der Waals surface area contributed by atoms with Gasteiger partial charge < -0.3 is 0 Å². The Bertz CT molecular complexity index is 301. The third kappa shape index (κ3) is 2.19. The summed E-state index contributed by atoms with van der Waals surface area (Å²) in [6, 6.07) is 0. The fourth-order valence-corrected chi connectivity index (χ4v) is 0.987. The molecule has 1 aromatic heterocycles. The minimum atomic E-state index is -0.300. The summed E-state index contributed by atoms with van der Waals surface area (Å²) in [6.07, 6.45) is 3.00. The van der Waals surface area contributed by atoms with Crippen molar-refractivity contribution in [3.63, 3.8) is 0 Å². The average Bonchev–Trinajstić information content (AvgIpc) is 2.56. The fraction of sp³-hybridized carbons (Fsp3) is 0.700. The predicted octanol–water partition coefficient (Wildman–Crippen LogP) is 1.53. The highest BCUT2D eigenvalue weighted by Crippen LogP contribution is 2.27. The van der Waals surface area contributed by atoms with Crippen LogP contribution in [0.15, 0.2) is 12.7 Å². The van der Waals surface area contributed by atoms with E-state index in [1.807, 2.05) is 13.8 Å². The van der Waals surface area contributed by atoms with Gasteiger partial charge in [0.05, 0.1) is 0 Å². The lowest BCUT2D eigenvalue weighted by atomic mass is 9.77. The SMILES string of the molecule is CC(C)C(C)(C)C(=O)Cn1cncn1. The van der Waals surface area contributed by atoms with Crippen molar-refractivity contribution in [3.05, 3.63) is 12.7 Å². The van der Waals surface area contributed by atoms with Gasteiger partial charge in [-0.05, 0) is 5.92 Å². The van der Waals surface area contributed by atoms with E-state index in [-0.39, 0.29) is 11.2 Å². The third-order valence-electron chi connectivity index (χ3n) is 2.93. The molecule has 0 spiro atoms. The van der Waals surface area contributed by atoms with E-state index in [4.69, 9.17) is 0 Å². The van der Waals surface area contributed by atoms with Crippen molar-refractivity contribution in [2.24, 2.45) is 11.3 Å². The molecular weight excluding hydrogens is 178 g/mol. The van der Waals surface area contributed by atoms with E-state index >= 15 is 0 Å². The minimum absolute atomic E-state index is 0.193. The van der Waals surface area contributed by atoms with Gasteiger partial charge in [0.2, 0.25) is 0 Å². The summed E-state index contributed by atoms with van der Waals surface area (Å²) in [6.45, 7) is 8.36. The molecule has 0 aliphatic rings. The van der Waals surface area contributed by atoms with E-state index in [9.17, 15) is 4.79 Å². The standard InChI is InChI=1S/C10H17N3O/c1-8(2)10(3,4)9(14)5-13-7-11-6-12-13/h6-8H,5H2,1-4H3. The molecule has 78 valence electrons. The van der Waals surface area contributed by atoms with Crippen LogP contribution < -0.4 is 0 Å². The molecule has 0 bridgehead atoms. The van der Waals surface area contributed by atoms with Crippen LogP contribution in [-0.4, -0.2) is 20.5 Å². The van der Waals surface area contributed by atoms with Crippen LogP contribution in [-0.2, 0) is 11.3 Å². The van der Waals surface area contributed by atoms with E-state index in [2.05, 4.69) is 23.9 Å². The van der Waals surface area contributed by atoms with Gasteiger partial charge in [0, 0.05) is 5.41 Å². The van der Waals surface area contributed by atoms with Gasteiger partial charge in [0.1, 0.15) is 19.2 Å². The molecule has 14 heavy (non-hydrogen) atoms. The summed E-state index contributed by atoms with van der Waals surface area (Å²) >= 11 is 0. The van der Waals surface area contributed by atoms with Gasteiger partial charge in [-0.3, -0.25) is 4.79 Å². The molecule has 0 aromatic carbocycles. The molecule has 4 heteroatoms. The zero-order valence-electron chi connectivity index (χ0n) is 9.19. The number of carbonyl (C=O) groups is 1. The summed E-state index contributed by atoms with van der Waals surface area (Å²) in [7, 11) is 0. The van der Waals surface area contributed by atoms with E-state index in [0.717, 1.165) is 0 Å². The Balaban J connectivity index is 2.67. The molecule has 0 atom stereocenters. The van der Waals surface area contributed by atoms with Crippen molar-refractivity contribution in [3.8, 4) is 0 Å². The predicted molar refractivity (Wildman–Crippen MR) is 53.6 cm³/mol. The van der Waals surface area contributed by atoms with Gasteiger partial charge in [-0.2, -0.15) is 5.10 Å². The molecule has 0 aliphatic heterocycles. The number of carbonyl (C=O) groups excluding carboxylic acids is 1. The number of Topliss-reactive ketones (excluding diaryl/α,β-unsaturated/α-hetero) is 1. The second-order valence-corrected chi connectivity index (χ2v) is 4.39. The maximum Gasteiger partial charge on any atom is 0.160 e. The second kappa shape index (κ2) is 3.90. The Hall–Kier alpha value is -1.19. The Morgan fingerprint density at radius 2 is 2.14 bits per heavy atom. The van der Waals surface area contributed by atoms with Crippen molar-refractivity contribution >= 4 is 5.78 Å². The smallest absolute Gasteiger partial charge is 0.160 e. The van der Waals surface area contributed by atoms with Gasteiger partial charge in [-0.1, -0.05) is 27.7 Å². The first-order valence-electron chi connectivity index (χ1n) is 4.80. The van der Waals surface area contributed by atoms with Crippen LogP contribution in [0.1, 0.15) is 27.7 Å². The molecule has 0 saturated heterocycles. The van der Waals surface area contributed by atoms with Crippen LogP contribution in [0.5, 0.6) is 0 Å². The molecule has 0 saturated carbocycles. The second-order valence-electron chi connectivity index (χ2n) is 4.39. The zero-order valence-corrected chi connectivity index (χ0v) is 9.19. The molecular formula is C10H17N3O. The first-order valence-corrected chi connectivity index (χ1v) is 4.80. The molecule has 0 unspecified atom stereocenters.